The molecular weight excluding hydrogens is 246 g/mol. The Morgan fingerprint density at radius 2 is 2.17 bits per heavy atom. The average molecular weight is 259 g/mol. The summed E-state index contributed by atoms with van der Waals surface area (Å²) in [5.74, 6) is 0.634. The molecule has 4 heteroatoms. The van der Waals surface area contributed by atoms with E-state index < -0.39 is 6.10 Å². The van der Waals surface area contributed by atoms with E-state index in [-0.39, 0.29) is 0 Å². The van der Waals surface area contributed by atoms with E-state index in [1.807, 2.05) is 37.3 Å². The second kappa shape index (κ2) is 4.55. The van der Waals surface area contributed by atoms with Crippen LogP contribution in [0.5, 0.6) is 0 Å². The summed E-state index contributed by atoms with van der Waals surface area (Å²) in [5.41, 5.74) is 1.96. The molecule has 3 nitrogen and oxygen atoms in total. The maximum Gasteiger partial charge on any atom is 0.135 e. The molecule has 2 aromatic heterocycles. The van der Waals surface area contributed by atoms with Gasteiger partial charge in [0.25, 0.3) is 0 Å². The number of aliphatic hydroxyl groups excluding tert-OH is 1. The number of benzene rings is 1. The minimum Gasteiger partial charge on any atom is -0.466 e. The van der Waals surface area contributed by atoms with Crippen molar-refractivity contribution in [1.82, 2.24) is 4.98 Å². The first-order valence-electron chi connectivity index (χ1n) is 5.80. The first-order valence-corrected chi connectivity index (χ1v) is 6.62. The largest absolute Gasteiger partial charge is 0.466 e. The SMILES string of the molecule is Cc1ccoc1C(O)Cc1nc2ccccc2s1. The van der Waals surface area contributed by atoms with E-state index in [1.54, 1.807) is 17.6 Å². The van der Waals surface area contributed by atoms with Gasteiger partial charge in [0, 0.05) is 6.42 Å². The summed E-state index contributed by atoms with van der Waals surface area (Å²) in [6, 6.07) is 9.86. The molecule has 3 aromatic rings. The van der Waals surface area contributed by atoms with E-state index in [0.717, 1.165) is 20.8 Å². The Kier molecular flexibility index (Phi) is 2.89. The molecule has 0 spiro atoms. The van der Waals surface area contributed by atoms with Gasteiger partial charge in [0.1, 0.15) is 11.9 Å². The van der Waals surface area contributed by atoms with Gasteiger partial charge in [0.15, 0.2) is 0 Å². The third-order valence-electron chi connectivity index (χ3n) is 2.91. The smallest absolute Gasteiger partial charge is 0.135 e. The minimum absolute atomic E-state index is 0.494. The highest BCUT2D eigenvalue weighted by atomic mass is 32.1. The summed E-state index contributed by atoms with van der Waals surface area (Å²) in [6.45, 7) is 1.93. The zero-order valence-electron chi connectivity index (χ0n) is 9.96. The molecule has 1 unspecified atom stereocenters. The lowest BCUT2D eigenvalue weighted by Gasteiger charge is -2.06. The number of para-hydroxylation sites is 1. The maximum atomic E-state index is 10.1. The molecule has 0 radical (unpaired) electrons. The van der Waals surface area contributed by atoms with Gasteiger partial charge in [-0.05, 0) is 30.7 Å². The fourth-order valence-electron chi connectivity index (χ4n) is 1.99. The van der Waals surface area contributed by atoms with Crippen molar-refractivity contribution < 1.29 is 9.52 Å². The Balaban J connectivity index is 1.86. The van der Waals surface area contributed by atoms with E-state index in [9.17, 15) is 5.11 Å². The number of aromatic nitrogens is 1. The summed E-state index contributed by atoms with van der Waals surface area (Å²) in [6.07, 6.45) is 1.47. The zero-order valence-corrected chi connectivity index (χ0v) is 10.8. The Bertz CT molecular complexity index is 638. The summed E-state index contributed by atoms with van der Waals surface area (Å²) in [4.78, 5) is 4.51. The normalized spacial score (nSPS) is 13.0. The van der Waals surface area contributed by atoms with Gasteiger partial charge in [-0.15, -0.1) is 11.3 Å². The molecule has 0 bridgehead atoms. The van der Waals surface area contributed by atoms with Gasteiger partial charge in [-0.1, -0.05) is 12.1 Å². The molecule has 1 N–H and O–H groups in total. The third-order valence-corrected chi connectivity index (χ3v) is 3.97. The number of rotatable bonds is 3. The molecule has 0 fully saturated rings. The third kappa shape index (κ3) is 2.05. The maximum absolute atomic E-state index is 10.1. The van der Waals surface area contributed by atoms with Gasteiger partial charge >= 0.3 is 0 Å². The van der Waals surface area contributed by atoms with Gasteiger partial charge in [0.2, 0.25) is 0 Å². The van der Waals surface area contributed by atoms with Crippen molar-refractivity contribution in [2.45, 2.75) is 19.4 Å². The van der Waals surface area contributed by atoms with Crippen LogP contribution in [0.15, 0.2) is 41.0 Å². The molecule has 3 rings (SSSR count). The highest BCUT2D eigenvalue weighted by Crippen LogP contribution is 2.27. The van der Waals surface area contributed by atoms with Gasteiger partial charge in [-0.25, -0.2) is 4.98 Å². The lowest BCUT2D eigenvalue weighted by atomic mass is 10.1. The fourth-order valence-corrected chi connectivity index (χ4v) is 3.00. The Morgan fingerprint density at radius 3 is 2.89 bits per heavy atom. The summed E-state index contributed by atoms with van der Waals surface area (Å²) < 4.78 is 6.45. The van der Waals surface area contributed by atoms with Crippen molar-refractivity contribution >= 4 is 21.6 Å². The monoisotopic (exact) mass is 259 g/mol. The van der Waals surface area contributed by atoms with E-state index in [1.165, 1.54) is 0 Å². The van der Waals surface area contributed by atoms with E-state index in [0.29, 0.717) is 12.2 Å². The number of fused-ring (bicyclic) bond motifs is 1. The highest BCUT2D eigenvalue weighted by Gasteiger charge is 2.16. The van der Waals surface area contributed by atoms with Gasteiger partial charge in [-0.3, -0.25) is 0 Å². The standard InChI is InChI=1S/C14H13NO2S/c1-9-6-7-17-14(9)11(16)8-13-15-10-4-2-3-5-12(10)18-13/h2-7,11,16H,8H2,1H3. The van der Waals surface area contributed by atoms with Crippen LogP contribution in [-0.4, -0.2) is 10.1 Å². The molecule has 1 aromatic carbocycles. The molecule has 0 aliphatic heterocycles. The average Bonchev–Trinajstić information content (AvgIpc) is 2.94. The minimum atomic E-state index is -0.624. The molecule has 2 heterocycles. The first-order chi connectivity index (χ1) is 8.74. The molecule has 0 saturated carbocycles. The summed E-state index contributed by atoms with van der Waals surface area (Å²) in [5, 5.41) is 11.1. The lowest BCUT2D eigenvalue weighted by molar-refractivity contribution is 0.149. The van der Waals surface area contributed by atoms with Crippen LogP contribution in [0.3, 0.4) is 0 Å². The van der Waals surface area contributed by atoms with Crippen LogP contribution in [0.4, 0.5) is 0 Å². The van der Waals surface area contributed by atoms with E-state index >= 15 is 0 Å². The summed E-state index contributed by atoms with van der Waals surface area (Å²) >= 11 is 1.62. The van der Waals surface area contributed by atoms with Crippen molar-refractivity contribution in [3.05, 3.63) is 52.9 Å². The molecule has 0 aliphatic carbocycles. The van der Waals surface area contributed by atoms with Crippen molar-refractivity contribution in [1.29, 1.82) is 0 Å². The predicted molar refractivity (Wildman–Crippen MR) is 71.7 cm³/mol. The zero-order chi connectivity index (χ0) is 12.5. The van der Waals surface area contributed by atoms with E-state index in [4.69, 9.17) is 4.42 Å². The first kappa shape index (κ1) is 11.4. The Morgan fingerprint density at radius 1 is 1.33 bits per heavy atom. The predicted octanol–water partition coefficient (Wildman–Crippen LogP) is 3.47. The Labute approximate surface area is 109 Å². The van der Waals surface area contributed by atoms with Crippen LogP contribution in [0, 0.1) is 6.92 Å². The van der Waals surface area contributed by atoms with Gasteiger partial charge < -0.3 is 9.52 Å². The van der Waals surface area contributed by atoms with Crippen LogP contribution in [0.25, 0.3) is 10.2 Å². The van der Waals surface area contributed by atoms with Crippen molar-refractivity contribution in [2.24, 2.45) is 0 Å². The lowest BCUT2D eigenvalue weighted by Crippen LogP contribution is -2.01. The van der Waals surface area contributed by atoms with Crippen LogP contribution >= 0.6 is 11.3 Å². The number of hydrogen-bond acceptors (Lipinski definition) is 4. The number of nitrogens with zero attached hydrogens (tertiary/aromatic N) is 1. The second-order valence-corrected chi connectivity index (χ2v) is 5.38. The number of hydrogen-bond donors (Lipinski definition) is 1. The van der Waals surface area contributed by atoms with Gasteiger partial charge in [0.05, 0.1) is 21.5 Å². The van der Waals surface area contributed by atoms with Crippen LogP contribution in [0.2, 0.25) is 0 Å². The molecule has 18 heavy (non-hydrogen) atoms. The van der Waals surface area contributed by atoms with Gasteiger partial charge in [-0.2, -0.15) is 0 Å². The summed E-state index contributed by atoms with van der Waals surface area (Å²) in [7, 11) is 0. The quantitative estimate of drug-likeness (QED) is 0.783. The number of thiazole rings is 1. The Hall–Kier alpha value is -1.65. The highest BCUT2D eigenvalue weighted by molar-refractivity contribution is 7.18. The molecule has 1 atom stereocenters. The number of furan rings is 1. The van der Waals surface area contributed by atoms with Crippen LogP contribution in [-0.2, 0) is 6.42 Å². The topological polar surface area (TPSA) is 46.3 Å². The molecular formula is C14H13NO2S. The fraction of sp³-hybridized carbons (Fsp3) is 0.214. The van der Waals surface area contributed by atoms with Crippen LogP contribution in [0.1, 0.15) is 22.4 Å². The molecule has 0 saturated heterocycles. The number of aliphatic hydroxyl groups is 1. The van der Waals surface area contributed by atoms with Crippen molar-refractivity contribution in [3.8, 4) is 0 Å². The van der Waals surface area contributed by atoms with Crippen molar-refractivity contribution in [3.63, 3.8) is 0 Å². The van der Waals surface area contributed by atoms with Crippen molar-refractivity contribution in [2.75, 3.05) is 0 Å². The molecule has 0 aliphatic rings. The number of aryl methyl sites for hydroxylation is 1. The second-order valence-electron chi connectivity index (χ2n) is 4.26. The van der Waals surface area contributed by atoms with Crippen LogP contribution < -0.4 is 0 Å². The van der Waals surface area contributed by atoms with E-state index in [2.05, 4.69) is 4.98 Å². The molecule has 92 valence electrons. The molecule has 0 amide bonds.